The molecule has 8 heteroatoms. The van der Waals surface area contributed by atoms with E-state index in [1.807, 2.05) is 66.1 Å². The van der Waals surface area contributed by atoms with Crippen LogP contribution in [0, 0.1) is 34.6 Å². The third-order valence-electron chi connectivity index (χ3n) is 7.96. The van der Waals surface area contributed by atoms with Gasteiger partial charge in [0.2, 0.25) is 0 Å². The van der Waals surface area contributed by atoms with Crippen LogP contribution in [-0.4, -0.2) is 0 Å². The van der Waals surface area contributed by atoms with Crippen LogP contribution in [0.4, 0.5) is 13.2 Å². The summed E-state index contributed by atoms with van der Waals surface area (Å²) in [4.78, 5) is 10.4. The zero-order valence-electron chi connectivity index (χ0n) is 36.9. The van der Waals surface area contributed by atoms with Gasteiger partial charge < -0.3 is 0 Å². The second-order valence-electron chi connectivity index (χ2n) is 19.1. The molecule has 0 radical (unpaired) electrons. The normalized spacial score (nSPS) is 12.4. The summed E-state index contributed by atoms with van der Waals surface area (Å²) in [5.41, 5.74) is 3.93. The molecule has 0 spiro atoms. The minimum absolute atomic E-state index is 0.200. The fourth-order valence-electron chi connectivity index (χ4n) is 4.34. The van der Waals surface area contributed by atoms with Crippen molar-refractivity contribution in [2.24, 2.45) is 0 Å². The molecule has 5 aromatic heterocycles. The second-order valence-corrected chi connectivity index (χ2v) is 24.9. The van der Waals surface area contributed by atoms with Crippen LogP contribution in [0.5, 0.6) is 0 Å². The average Bonchev–Trinajstić information content (AvgIpc) is 3.80. The molecule has 0 amide bonds. The highest BCUT2D eigenvalue weighted by Crippen LogP contribution is 2.38. The smallest absolute Gasteiger partial charge is 0.165 e. The minimum atomic E-state index is -4.20. The van der Waals surface area contributed by atoms with E-state index in [1.54, 1.807) is 6.07 Å². The van der Waals surface area contributed by atoms with E-state index in [0.29, 0.717) is 21.7 Å². The molecular formula is C46H69F3S5. The Labute approximate surface area is 348 Å². The maximum atomic E-state index is 12.2. The molecule has 0 aliphatic carbocycles. The van der Waals surface area contributed by atoms with Gasteiger partial charge in [0.15, 0.2) is 0 Å². The van der Waals surface area contributed by atoms with Gasteiger partial charge in [0.05, 0.1) is 0 Å². The van der Waals surface area contributed by atoms with Gasteiger partial charge in [-0.1, -0.05) is 104 Å². The SMILES string of the molecule is CC(C)(C)c1ccc(C(F)(F)F)s1.Cc1cc(C(C)(C)C)sc1C.Cc1ccc(C(C)(C)C)s1.Cc1ccc(C(C)(C)C)s1.Cc1csc(C(C)(C)C)c1. The van der Waals surface area contributed by atoms with E-state index in [-0.39, 0.29) is 5.41 Å². The molecule has 0 atom stereocenters. The van der Waals surface area contributed by atoms with E-state index in [4.69, 9.17) is 0 Å². The lowest BCUT2D eigenvalue weighted by Gasteiger charge is -2.15. The van der Waals surface area contributed by atoms with Gasteiger partial charge in [-0.25, -0.2) is 0 Å². The number of alkyl halides is 3. The van der Waals surface area contributed by atoms with E-state index >= 15 is 0 Å². The Morgan fingerprint density at radius 2 is 0.741 bits per heavy atom. The average molecular weight is 839 g/mol. The van der Waals surface area contributed by atoms with Gasteiger partial charge in [0.1, 0.15) is 4.88 Å². The summed E-state index contributed by atoms with van der Waals surface area (Å²) in [6.07, 6.45) is -4.20. The van der Waals surface area contributed by atoms with Crippen LogP contribution in [0.1, 0.15) is 159 Å². The van der Waals surface area contributed by atoms with Crippen molar-refractivity contribution in [3.05, 3.63) is 109 Å². The van der Waals surface area contributed by atoms with Crippen molar-refractivity contribution in [1.29, 1.82) is 0 Å². The first-order valence-electron chi connectivity index (χ1n) is 18.6. The lowest BCUT2D eigenvalue weighted by molar-refractivity contribution is -0.134. The van der Waals surface area contributed by atoms with Crippen LogP contribution in [0.3, 0.4) is 0 Å². The molecule has 0 bridgehead atoms. The zero-order valence-corrected chi connectivity index (χ0v) is 41.0. The number of hydrogen-bond donors (Lipinski definition) is 0. The van der Waals surface area contributed by atoms with Crippen molar-refractivity contribution in [3.8, 4) is 0 Å². The molecule has 5 rings (SSSR count). The molecule has 0 aromatic carbocycles. The highest BCUT2D eigenvalue weighted by molar-refractivity contribution is 7.13. The molecule has 0 saturated carbocycles. The Kier molecular flexibility index (Phi) is 18.3. The Morgan fingerprint density at radius 3 is 0.907 bits per heavy atom. The molecule has 0 saturated heterocycles. The fourth-order valence-corrected chi connectivity index (χ4v) is 9.20. The van der Waals surface area contributed by atoms with E-state index in [2.05, 4.69) is 159 Å². The maximum absolute atomic E-state index is 12.2. The summed E-state index contributed by atoms with van der Waals surface area (Å²) < 4.78 is 36.6. The van der Waals surface area contributed by atoms with Crippen LogP contribution >= 0.6 is 56.7 Å². The molecule has 0 N–H and O–H groups in total. The van der Waals surface area contributed by atoms with Gasteiger partial charge in [-0.15, -0.1) is 56.7 Å². The van der Waals surface area contributed by atoms with Gasteiger partial charge in [-0.3, -0.25) is 0 Å². The molecule has 304 valence electrons. The van der Waals surface area contributed by atoms with Crippen molar-refractivity contribution < 1.29 is 13.2 Å². The molecular weight excluding hydrogens is 770 g/mol. The van der Waals surface area contributed by atoms with Crippen molar-refractivity contribution >= 4 is 56.7 Å². The number of hydrogen-bond acceptors (Lipinski definition) is 5. The number of halogens is 3. The second kappa shape index (κ2) is 19.6. The quantitative estimate of drug-likeness (QED) is 0.146. The summed E-state index contributed by atoms with van der Waals surface area (Å²) in [6.45, 7) is 43.5. The third kappa shape index (κ3) is 18.0. The molecule has 54 heavy (non-hydrogen) atoms. The lowest BCUT2D eigenvalue weighted by Crippen LogP contribution is -2.08. The molecule has 0 aliphatic heterocycles. The van der Waals surface area contributed by atoms with Gasteiger partial charge in [0, 0.05) is 39.0 Å². The van der Waals surface area contributed by atoms with Crippen molar-refractivity contribution in [1.82, 2.24) is 0 Å². The first-order valence-corrected chi connectivity index (χ1v) is 22.7. The number of aryl methyl sites for hydroxylation is 5. The lowest BCUT2D eigenvalue weighted by atomic mass is 9.94. The topological polar surface area (TPSA) is 0 Å². The van der Waals surface area contributed by atoms with Crippen LogP contribution in [0.15, 0.2) is 53.9 Å². The van der Waals surface area contributed by atoms with Gasteiger partial charge in [0.25, 0.3) is 0 Å². The summed E-state index contributed by atoms with van der Waals surface area (Å²) in [5.74, 6) is 0. The van der Waals surface area contributed by atoms with E-state index in [9.17, 15) is 13.2 Å². The largest absolute Gasteiger partial charge is 0.425 e. The van der Waals surface area contributed by atoms with Crippen LogP contribution in [0.25, 0.3) is 0 Å². The van der Waals surface area contributed by atoms with Gasteiger partial charge in [-0.05, 0) is 127 Å². The summed E-state index contributed by atoms with van der Waals surface area (Å²) in [6, 6.07) is 16.1. The van der Waals surface area contributed by atoms with E-state index in [0.717, 1.165) is 22.3 Å². The molecule has 0 aliphatic rings. The predicted octanol–water partition coefficient (Wildman–Crippen LogP) is 17.8. The fraction of sp³-hybridized carbons (Fsp3) is 0.565. The predicted molar refractivity (Wildman–Crippen MR) is 244 cm³/mol. The summed E-state index contributed by atoms with van der Waals surface area (Å²) in [5, 5.41) is 2.21. The Balaban J connectivity index is 0.000000339. The van der Waals surface area contributed by atoms with Gasteiger partial charge in [-0.2, -0.15) is 13.2 Å². The van der Waals surface area contributed by atoms with Crippen molar-refractivity contribution in [2.75, 3.05) is 0 Å². The van der Waals surface area contributed by atoms with E-state index in [1.165, 1.54) is 45.3 Å². The maximum Gasteiger partial charge on any atom is 0.425 e. The Hall–Kier alpha value is -1.71. The Bertz CT molecular complexity index is 1650. The highest BCUT2D eigenvalue weighted by atomic mass is 32.1. The number of thiophene rings is 5. The number of rotatable bonds is 0. The van der Waals surface area contributed by atoms with Crippen LogP contribution < -0.4 is 0 Å². The molecule has 5 aromatic rings. The van der Waals surface area contributed by atoms with Crippen LogP contribution in [0.2, 0.25) is 0 Å². The monoisotopic (exact) mass is 838 g/mol. The molecule has 0 unspecified atom stereocenters. The molecule has 5 heterocycles. The van der Waals surface area contributed by atoms with E-state index < -0.39 is 11.1 Å². The first-order chi connectivity index (χ1) is 24.1. The Morgan fingerprint density at radius 1 is 0.389 bits per heavy atom. The summed E-state index contributed by atoms with van der Waals surface area (Å²) in [7, 11) is 0. The van der Waals surface area contributed by atoms with Crippen molar-refractivity contribution in [3.63, 3.8) is 0 Å². The molecule has 0 nitrogen and oxygen atoms in total. The van der Waals surface area contributed by atoms with Crippen molar-refractivity contribution in [2.45, 2.75) is 172 Å². The highest BCUT2D eigenvalue weighted by Gasteiger charge is 2.33. The van der Waals surface area contributed by atoms with Crippen LogP contribution in [-0.2, 0) is 33.3 Å². The standard InChI is InChI=1S/C10H16S.C9H11F3S.3C9H14S/c1-7-6-9(10(3,4)5)11-8(7)2;1-8(2,3)6-4-5-7(13-6)9(10,11)12;1-7-5-8(10-6-7)9(2,3)4;2*1-7-5-6-8(10-7)9(2,3)4/h6H,1-5H3;4-5H,1-3H3;3*5-6H,1-4H3. The third-order valence-corrected chi connectivity index (χ3v) is 15.4. The first kappa shape index (κ1) is 50.3. The zero-order chi connectivity index (χ0) is 42.3. The molecule has 0 fully saturated rings. The van der Waals surface area contributed by atoms with Gasteiger partial charge >= 0.3 is 6.18 Å². The minimum Gasteiger partial charge on any atom is -0.165 e. The summed E-state index contributed by atoms with van der Waals surface area (Å²) >= 11 is 8.39.